The van der Waals surface area contributed by atoms with Crippen molar-refractivity contribution < 1.29 is 14.4 Å². The van der Waals surface area contributed by atoms with Gasteiger partial charge < -0.3 is 15.1 Å². The molecule has 1 aromatic rings. The van der Waals surface area contributed by atoms with Crippen LogP contribution in [0.5, 0.6) is 0 Å². The summed E-state index contributed by atoms with van der Waals surface area (Å²) in [5.41, 5.74) is 1.50. The van der Waals surface area contributed by atoms with Crippen LogP contribution in [-0.2, 0) is 16.1 Å². The molecule has 0 radical (unpaired) electrons. The van der Waals surface area contributed by atoms with E-state index in [0.29, 0.717) is 37.7 Å². The van der Waals surface area contributed by atoms with Gasteiger partial charge in [0.25, 0.3) is 5.91 Å². The minimum atomic E-state index is -0.460. The number of piperazine rings is 1. The van der Waals surface area contributed by atoms with E-state index in [1.165, 1.54) is 0 Å². The second-order valence-electron chi connectivity index (χ2n) is 7.12. The molecule has 1 saturated heterocycles. The van der Waals surface area contributed by atoms with Gasteiger partial charge in [0.1, 0.15) is 0 Å². The van der Waals surface area contributed by atoms with Gasteiger partial charge in [0, 0.05) is 37.8 Å². The molecule has 1 aliphatic rings. The second kappa shape index (κ2) is 8.14. The lowest BCUT2D eigenvalue weighted by Crippen LogP contribution is -2.55. The summed E-state index contributed by atoms with van der Waals surface area (Å²) in [4.78, 5) is 39.5. The summed E-state index contributed by atoms with van der Waals surface area (Å²) < 4.78 is 0. The van der Waals surface area contributed by atoms with Crippen molar-refractivity contribution in [2.24, 2.45) is 5.92 Å². The van der Waals surface area contributed by atoms with Crippen molar-refractivity contribution in [3.8, 4) is 0 Å². The molecule has 1 fully saturated rings. The number of benzene rings is 1. The Balaban J connectivity index is 1.96. The predicted molar refractivity (Wildman–Crippen MR) is 95.9 cm³/mol. The maximum Gasteiger partial charge on any atom is 0.312 e. The van der Waals surface area contributed by atoms with Crippen molar-refractivity contribution in [3.05, 3.63) is 35.4 Å². The first-order valence-corrected chi connectivity index (χ1v) is 8.76. The van der Waals surface area contributed by atoms with E-state index >= 15 is 0 Å². The van der Waals surface area contributed by atoms with E-state index in [2.05, 4.69) is 5.32 Å². The molecule has 0 aromatic heterocycles. The van der Waals surface area contributed by atoms with Crippen LogP contribution in [0.3, 0.4) is 0 Å². The lowest BCUT2D eigenvalue weighted by Gasteiger charge is -2.36. The van der Waals surface area contributed by atoms with Gasteiger partial charge in [-0.05, 0) is 37.5 Å². The van der Waals surface area contributed by atoms with Crippen LogP contribution in [0.4, 0.5) is 0 Å². The number of nitrogens with one attached hydrogen (secondary N) is 1. The molecule has 1 aliphatic heterocycles. The van der Waals surface area contributed by atoms with Crippen molar-refractivity contribution in [1.82, 2.24) is 15.1 Å². The molecule has 136 valence electrons. The molecule has 25 heavy (non-hydrogen) atoms. The number of carbonyl (C=O) groups excluding carboxylic acids is 3. The van der Waals surface area contributed by atoms with Crippen LogP contribution in [0.1, 0.15) is 43.6 Å². The molecule has 0 spiro atoms. The second-order valence-corrected chi connectivity index (χ2v) is 7.12. The number of carbonyl (C=O) groups is 3. The molecular weight excluding hydrogens is 318 g/mol. The standard InChI is InChI=1S/C19H27N3O3/c1-13(2)11-20-17(23)16-7-5-15(6-8-16)12-21-9-10-22(14(3)4)19(25)18(21)24/h5-8,13-14H,9-12H2,1-4H3,(H,20,23). The SMILES string of the molecule is CC(C)CNC(=O)c1ccc(CN2CCN(C(C)C)C(=O)C2=O)cc1. The fourth-order valence-corrected chi connectivity index (χ4v) is 2.71. The molecule has 2 rings (SSSR count). The van der Waals surface area contributed by atoms with Crippen molar-refractivity contribution in [2.45, 2.75) is 40.3 Å². The smallest absolute Gasteiger partial charge is 0.312 e. The van der Waals surface area contributed by atoms with Crippen LogP contribution < -0.4 is 5.32 Å². The third-order valence-electron chi connectivity index (χ3n) is 4.23. The van der Waals surface area contributed by atoms with Crippen LogP contribution >= 0.6 is 0 Å². The number of amides is 3. The van der Waals surface area contributed by atoms with Crippen LogP contribution in [-0.4, -0.2) is 53.2 Å². The number of nitrogens with zero attached hydrogens (tertiary/aromatic N) is 2. The highest BCUT2D eigenvalue weighted by molar-refractivity contribution is 6.35. The number of rotatable bonds is 6. The van der Waals surface area contributed by atoms with E-state index in [-0.39, 0.29) is 11.9 Å². The van der Waals surface area contributed by atoms with Gasteiger partial charge in [0.2, 0.25) is 0 Å². The Morgan fingerprint density at radius 2 is 1.68 bits per heavy atom. The fourth-order valence-electron chi connectivity index (χ4n) is 2.71. The van der Waals surface area contributed by atoms with Gasteiger partial charge in [-0.1, -0.05) is 26.0 Å². The molecule has 6 nitrogen and oxygen atoms in total. The summed E-state index contributed by atoms with van der Waals surface area (Å²) in [6.07, 6.45) is 0. The Labute approximate surface area is 149 Å². The molecular formula is C19H27N3O3. The largest absolute Gasteiger partial charge is 0.352 e. The number of hydrogen-bond acceptors (Lipinski definition) is 3. The highest BCUT2D eigenvalue weighted by Crippen LogP contribution is 2.13. The topological polar surface area (TPSA) is 69.7 Å². The first kappa shape index (κ1) is 19.0. The lowest BCUT2D eigenvalue weighted by atomic mass is 10.1. The quantitative estimate of drug-likeness (QED) is 0.797. The third kappa shape index (κ3) is 4.81. The molecule has 0 aliphatic carbocycles. The average molecular weight is 345 g/mol. The first-order valence-electron chi connectivity index (χ1n) is 8.76. The summed E-state index contributed by atoms with van der Waals surface area (Å²) in [6, 6.07) is 7.19. The maximum atomic E-state index is 12.2. The highest BCUT2D eigenvalue weighted by atomic mass is 16.2. The van der Waals surface area contributed by atoms with Gasteiger partial charge in [-0.2, -0.15) is 0 Å². The fraction of sp³-hybridized carbons (Fsp3) is 0.526. The van der Waals surface area contributed by atoms with Gasteiger partial charge in [0.05, 0.1) is 0 Å². The van der Waals surface area contributed by atoms with Crippen molar-refractivity contribution in [1.29, 1.82) is 0 Å². The van der Waals surface area contributed by atoms with E-state index in [9.17, 15) is 14.4 Å². The molecule has 1 N–H and O–H groups in total. The number of hydrogen-bond donors (Lipinski definition) is 1. The summed E-state index contributed by atoms with van der Waals surface area (Å²) in [5.74, 6) is -0.599. The summed E-state index contributed by atoms with van der Waals surface area (Å²) >= 11 is 0. The summed E-state index contributed by atoms with van der Waals surface area (Å²) in [5, 5.41) is 2.87. The third-order valence-corrected chi connectivity index (χ3v) is 4.23. The van der Waals surface area contributed by atoms with Crippen molar-refractivity contribution in [2.75, 3.05) is 19.6 Å². The van der Waals surface area contributed by atoms with Crippen molar-refractivity contribution in [3.63, 3.8) is 0 Å². The summed E-state index contributed by atoms with van der Waals surface area (Å²) in [7, 11) is 0. The van der Waals surface area contributed by atoms with Gasteiger partial charge in [0.15, 0.2) is 0 Å². The monoisotopic (exact) mass is 345 g/mol. The Bertz CT molecular complexity index is 638. The predicted octanol–water partition coefficient (Wildman–Crippen LogP) is 1.65. The van der Waals surface area contributed by atoms with Gasteiger partial charge in [-0.15, -0.1) is 0 Å². The molecule has 3 amide bonds. The average Bonchev–Trinajstić information content (AvgIpc) is 2.57. The minimum Gasteiger partial charge on any atom is -0.352 e. The first-order chi connectivity index (χ1) is 11.8. The Kier molecular flexibility index (Phi) is 6.17. The van der Waals surface area contributed by atoms with E-state index < -0.39 is 11.8 Å². The van der Waals surface area contributed by atoms with Crippen LogP contribution in [0.25, 0.3) is 0 Å². The molecule has 6 heteroatoms. The lowest BCUT2D eigenvalue weighted by molar-refractivity contribution is -0.157. The molecule has 0 unspecified atom stereocenters. The van der Waals surface area contributed by atoms with Crippen LogP contribution in [0.2, 0.25) is 0 Å². The van der Waals surface area contributed by atoms with Gasteiger partial charge >= 0.3 is 11.8 Å². The van der Waals surface area contributed by atoms with Crippen LogP contribution in [0, 0.1) is 5.92 Å². The zero-order valence-corrected chi connectivity index (χ0v) is 15.4. The molecule has 1 heterocycles. The molecule has 0 atom stereocenters. The molecule has 1 aromatic carbocycles. The normalized spacial score (nSPS) is 15.3. The molecule has 0 saturated carbocycles. The Morgan fingerprint density at radius 3 is 2.24 bits per heavy atom. The zero-order chi connectivity index (χ0) is 18.6. The van der Waals surface area contributed by atoms with E-state index in [4.69, 9.17) is 0 Å². The van der Waals surface area contributed by atoms with E-state index in [0.717, 1.165) is 5.56 Å². The van der Waals surface area contributed by atoms with Crippen LogP contribution in [0.15, 0.2) is 24.3 Å². The van der Waals surface area contributed by atoms with Gasteiger partial charge in [-0.25, -0.2) is 0 Å². The zero-order valence-electron chi connectivity index (χ0n) is 15.4. The Morgan fingerprint density at radius 1 is 1.04 bits per heavy atom. The van der Waals surface area contributed by atoms with Gasteiger partial charge in [-0.3, -0.25) is 14.4 Å². The van der Waals surface area contributed by atoms with E-state index in [1.807, 2.05) is 39.8 Å². The minimum absolute atomic E-state index is 0.0298. The maximum absolute atomic E-state index is 12.2. The summed E-state index contributed by atoms with van der Waals surface area (Å²) in [6.45, 7) is 9.99. The van der Waals surface area contributed by atoms with E-state index in [1.54, 1.807) is 21.9 Å². The highest BCUT2D eigenvalue weighted by Gasteiger charge is 2.33. The van der Waals surface area contributed by atoms with Crippen molar-refractivity contribution >= 4 is 17.7 Å². The molecule has 0 bridgehead atoms. The Hall–Kier alpha value is -2.37.